The number of nitrogens with zero attached hydrogens (tertiary/aromatic N) is 1. The van der Waals surface area contributed by atoms with E-state index in [0.717, 1.165) is 37.7 Å². The van der Waals surface area contributed by atoms with Crippen LogP contribution in [0.5, 0.6) is 0 Å². The Labute approximate surface area is 197 Å². The van der Waals surface area contributed by atoms with Crippen molar-refractivity contribution in [3.05, 3.63) is 34.9 Å². The highest BCUT2D eigenvalue weighted by atomic mass is 16.2. The summed E-state index contributed by atoms with van der Waals surface area (Å²) in [4.78, 5) is 40.1. The lowest BCUT2D eigenvalue weighted by Crippen LogP contribution is -2.51. The predicted octanol–water partition coefficient (Wildman–Crippen LogP) is 2.10. The van der Waals surface area contributed by atoms with Crippen LogP contribution in [0.15, 0.2) is 18.2 Å². The van der Waals surface area contributed by atoms with Crippen LogP contribution in [-0.4, -0.2) is 54.8 Å². The van der Waals surface area contributed by atoms with E-state index in [4.69, 9.17) is 5.73 Å². The minimum atomic E-state index is -0.654. The molecule has 0 saturated carbocycles. The van der Waals surface area contributed by atoms with E-state index in [0.29, 0.717) is 45.4 Å². The molecule has 0 aromatic heterocycles. The van der Waals surface area contributed by atoms with E-state index in [9.17, 15) is 14.4 Å². The molecule has 7 nitrogen and oxygen atoms in total. The average molecular weight is 457 g/mol. The number of likely N-dealkylation sites (tertiary alicyclic amines) is 1. The summed E-state index contributed by atoms with van der Waals surface area (Å²) in [5.41, 5.74) is 9.38. The number of amides is 3. The molecule has 33 heavy (non-hydrogen) atoms. The number of benzene rings is 1. The first-order valence-corrected chi connectivity index (χ1v) is 12.6. The molecule has 1 fully saturated rings. The molecule has 1 aliphatic carbocycles. The van der Waals surface area contributed by atoms with E-state index < -0.39 is 6.04 Å². The average Bonchev–Trinajstić information content (AvgIpc) is 3.02. The summed E-state index contributed by atoms with van der Waals surface area (Å²) in [5, 5.41) is 5.88. The van der Waals surface area contributed by atoms with Gasteiger partial charge in [-0.05, 0) is 68.2 Å². The molecule has 0 radical (unpaired) electrons. The van der Waals surface area contributed by atoms with Crippen molar-refractivity contribution in [2.45, 2.75) is 77.2 Å². The summed E-state index contributed by atoms with van der Waals surface area (Å²) in [7, 11) is 0. The third-order valence-corrected chi connectivity index (χ3v) is 6.78. The first kappa shape index (κ1) is 25.2. The summed E-state index contributed by atoms with van der Waals surface area (Å²) < 4.78 is 0. The molecular weight excluding hydrogens is 416 g/mol. The molecule has 0 spiro atoms. The lowest BCUT2D eigenvalue weighted by atomic mass is 9.89. The fraction of sp³-hybridized carbons (Fsp3) is 0.654. The third kappa shape index (κ3) is 7.56. The fourth-order valence-corrected chi connectivity index (χ4v) is 4.75. The number of fused-ring (bicyclic) bond motifs is 1. The van der Waals surface area contributed by atoms with Crippen LogP contribution in [0, 0.1) is 5.92 Å². The molecule has 1 saturated heterocycles. The van der Waals surface area contributed by atoms with Gasteiger partial charge in [0.15, 0.2) is 0 Å². The number of nitrogens with two attached hydrogens (primary N) is 1. The third-order valence-electron chi connectivity index (χ3n) is 6.78. The van der Waals surface area contributed by atoms with Gasteiger partial charge in [-0.3, -0.25) is 14.4 Å². The van der Waals surface area contributed by atoms with Gasteiger partial charge in [-0.2, -0.15) is 0 Å². The molecule has 1 aliphatic heterocycles. The van der Waals surface area contributed by atoms with E-state index in [-0.39, 0.29) is 23.6 Å². The highest BCUT2D eigenvalue weighted by Crippen LogP contribution is 2.23. The minimum Gasteiger partial charge on any atom is -0.354 e. The van der Waals surface area contributed by atoms with Crippen LogP contribution < -0.4 is 16.4 Å². The molecule has 7 heteroatoms. The first-order valence-electron chi connectivity index (χ1n) is 12.6. The van der Waals surface area contributed by atoms with E-state index >= 15 is 0 Å². The van der Waals surface area contributed by atoms with Crippen molar-refractivity contribution in [3.8, 4) is 0 Å². The van der Waals surface area contributed by atoms with Crippen LogP contribution in [0.4, 0.5) is 0 Å². The molecule has 2 unspecified atom stereocenters. The quantitative estimate of drug-likeness (QED) is 0.469. The molecule has 2 atom stereocenters. The lowest BCUT2D eigenvalue weighted by Gasteiger charge is -2.26. The smallest absolute Gasteiger partial charge is 0.242 e. The Morgan fingerprint density at radius 1 is 1.03 bits per heavy atom. The minimum absolute atomic E-state index is 0.122. The van der Waals surface area contributed by atoms with Crippen LogP contribution in [-0.2, 0) is 33.6 Å². The molecular formula is C26H40N4O3. The number of rotatable bonds is 10. The van der Waals surface area contributed by atoms with Gasteiger partial charge in [0.1, 0.15) is 6.04 Å². The molecule has 3 rings (SSSR count). The Kier molecular flexibility index (Phi) is 9.73. The second-order valence-electron chi connectivity index (χ2n) is 9.56. The van der Waals surface area contributed by atoms with E-state index in [2.05, 4.69) is 28.8 Å². The Balaban J connectivity index is 1.65. The van der Waals surface area contributed by atoms with Crippen molar-refractivity contribution in [2.24, 2.45) is 11.7 Å². The standard InChI is InChI=1S/C26H40N4O3/c1-19(18-30-15-6-2-3-10-24(30)31)25(32)29-23(26(33)28-14-7-13-27)17-20-11-12-21-8-4-5-9-22(21)16-20/h11-12,16,19,23H,2-10,13-15,17-18,27H2,1H3,(H,28,33)(H,29,32). The number of hydrogen-bond acceptors (Lipinski definition) is 4. The normalized spacial score (nSPS) is 18.1. The Hall–Kier alpha value is -2.41. The van der Waals surface area contributed by atoms with Crippen molar-refractivity contribution in [1.82, 2.24) is 15.5 Å². The largest absolute Gasteiger partial charge is 0.354 e. The number of aryl methyl sites for hydroxylation is 2. The molecule has 4 N–H and O–H groups in total. The summed E-state index contributed by atoms with van der Waals surface area (Å²) >= 11 is 0. The van der Waals surface area contributed by atoms with Crippen LogP contribution in [0.25, 0.3) is 0 Å². The Morgan fingerprint density at radius 3 is 2.58 bits per heavy atom. The highest BCUT2D eigenvalue weighted by molar-refractivity contribution is 5.89. The number of carbonyl (C=O) groups is 3. The van der Waals surface area contributed by atoms with Gasteiger partial charge < -0.3 is 21.3 Å². The van der Waals surface area contributed by atoms with E-state index in [1.807, 2.05) is 6.92 Å². The van der Waals surface area contributed by atoms with Crippen LogP contribution in [0.1, 0.15) is 68.6 Å². The number of nitrogens with one attached hydrogen (secondary N) is 2. The molecule has 182 valence electrons. The topological polar surface area (TPSA) is 105 Å². The van der Waals surface area contributed by atoms with Crippen molar-refractivity contribution >= 4 is 17.7 Å². The second-order valence-corrected chi connectivity index (χ2v) is 9.56. The van der Waals surface area contributed by atoms with Crippen molar-refractivity contribution in [1.29, 1.82) is 0 Å². The lowest BCUT2D eigenvalue weighted by molar-refractivity contribution is -0.134. The van der Waals surface area contributed by atoms with Gasteiger partial charge >= 0.3 is 0 Å². The van der Waals surface area contributed by atoms with Crippen LogP contribution in [0.2, 0.25) is 0 Å². The number of carbonyl (C=O) groups excluding carboxylic acids is 3. The molecule has 3 amide bonds. The summed E-state index contributed by atoms with van der Waals surface area (Å²) in [5.74, 6) is -0.635. The van der Waals surface area contributed by atoms with E-state index in [1.165, 1.54) is 24.0 Å². The molecule has 1 aromatic rings. The van der Waals surface area contributed by atoms with Gasteiger partial charge in [0.25, 0.3) is 0 Å². The Bertz CT molecular complexity index is 826. The van der Waals surface area contributed by atoms with Gasteiger partial charge in [-0.25, -0.2) is 0 Å². The predicted molar refractivity (Wildman–Crippen MR) is 130 cm³/mol. The van der Waals surface area contributed by atoms with Crippen LogP contribution >= 0.6 is 0 Å². The highest BCUT2D eigenvalue weighted by Gasteiger charge is 2.27. The summed E-state index contributed by atoms with van der Waals surface area (Å²) in [6.45, 7) is 3.92. The monoisotopic (exact) mass is 456 g/mol. The zero-order valence-corrected chi connectivity index (χ0v) is 20.0. The Morgan fingerprint density at radius 2 is 1.79 bits per heavy atom. The van der Waals surface area contributed by atoms with Gasteiger partial charge in [0, 0.05) is 32.5 Å². The molecule has 0 bridgehead atoms. The van der Waals surface area contributed by atoms with Crippen molar-refractivity contribution in [2.75, 3.05) is 26.2 Å². The van der Waals surface area contributed by atoms with Crippen molar-refractivity contribution in [3.63, 3.8) is 0 Å². The number of hydrogen-bond donors (Lipinski definition) is 3. The fourth-order valence-electron chi connectivity index (χ4n) is 4.75. The zero-order valence-electron chi connectivity index (χ0n) is 20.0. The van der Waals surface area contributed by atoms with Crippen LogP contribution in [0.3, 0.4) is 0 Å². The zero-order chi connectivity index (χ0) is 23.6. The van der Waals surface area contributed by atoms with Gasteiger partial charge in [-0.15, -0.1) is 0 Å². The molecule has 2 aliphatic rings. The molecule has 1 aromatic carbocycles. The van der Waals surface area contributed by atoms with Gasteiger partial charge in [-0.1, -0.05) is 31.5 Å². The summed E-state index contributed by atoms with van der Waals surface area (Å²) in [6, 6.07) is 5.79. The molecule has 1 heterocycles. The maximum absolute atomic E-state index is 13.0. The maximum Gasteiger partial charge on any atom is 0.242 e. The SMILES string of the molecule is CC(CN1CCCCCC1=O)C(=O)NC(Cc1ccc2c(c1)CCCC2)C(=O)NCCCN. The second kappa shape index (κ2) is 12.7. The van der Waals surface area contributed by atoms with Gasteiger partial charge in [0.05, 0.1) is 5.92 Å². The van der Waals surface area contributed by atoms with E-state index in [1.54, 1.807) is 4.90 Å². The van der Waals surface area contributed by atoms with Gasteiger partial charge in [0.2, 0.25) is 17.7 Å². The first-order chi connectivity index (χ1) is 16.0. The maximum atomic E-state index is 13.0. The van der Waals surface area contributed by atoms with Crippen molar-refractivity contribution < 1.29 is 14.4 Å². The summed E-state index contributed by atoms with van der Waals surface area (Å²) in [6.07, 6.45) is 9.25.